The Morgan fingerprint density at radius 3 is 1.38 bits per heavy atom. The van der Waals surface area contributed by atoms with Crippen molar-refractivity contribution in [3.63, 3.8) is 0 Å². The molecule has 0 radical (unpaired) electrons. The molecule has 0 saturated carbocycles. The molecule has 27 heteroatoms. The lowest BCUT2D eigenvalue weighted by Gasteiger charge is -2.42. The number of sulfonamides is 1. The van der Waals surface area contributed by atoms with Crippen LogP contribution in [0.2, 0.25) is 6.04 Å². The van der Waals surface area contributed by atoms with E-state index in [2.05, 4.69) is 0 Å². The Labute approximate surface area is 243 Å². The van der Waals surface area contributed by atoms with Gasteiger partial charge in [-0.3, -0.25) is 0 Å². The van der Waals surface area contributed by atoms with Crippen LogP contribution in [0.15, 0.2) is 0 Å². The maximum atomic E-state index is 14.3. The number of hydrogen-bond acceptors (Lipinski definition) is 7. The van der Waals surface area contributed by atoms with Gasteiger partial charge in [-0.15, -0.1) is 0 Å². The van der Waals surface area contributed by atoms with E-state index in [1.165, 1.54) is 21.3 Å². The maximum absolute atomic E-state index is 14.3. The normalized spacial score (nSPS) is 16.4. The second-order valence-electron chi connectivity index (χ2n) is 8.87. The number of halogens is 17. The summed E-state index contributed by atoms with van der Waals surface area (Å²) in [6.45, 7) is -3.15. The van der Waals surface area contributed by atoms with Gasteiger partial charge < -0.3 is 23.1 Å². The van der Waals surface area contributed by atoms with E-state index in [9.17, 15) is 88.2 Å². The van der Waals surface area contributed by atoms with Crippen LogP contribution in [0.25, 0.3) is 0 Å². The highest BCUT2D eigenvalue weighted by molar-refractivity contribution is 7.90. The molecule has 0 rings (SSSR count). The highest BCUT2D eigenvalue weighted by Gasteiger charge is 2.96. The van der Waals surface area contributed by atoms with E-state index < -0.39 is 89.4 Å². The highest BCUT2D eigenvalue weighted by atomic mass is 32.2. The number of rotatable bonds is 19. The molecule has 0 aromatic rings. The smallest absolute Gasteiger partial charge is 0.389 e. The minimum absolute atomic E-state index is 0.0365. The van der Waals surface area contributed by atoms with Crippen LogP contribution in [0.5, 0.6) is 0 Å². The standard InChI is InChI=1S/C18H24F17NO7SSi/c1-36(8-10(37)9-43-6-5-7-45(40-2,41-3)42-4)44(38,39)18(34,35)16(29,30)14(25,26)12(21,22)11(19,20)13(23,24)15(27,28)17(31,32)33/h10,37H,5-9H2,1-4H3. The lowest BCUT2D eigenvalue weighted by molar-refractivity contribution is -0.458. The maximum Gasteiger partial charge on any atom is 0.500 e. The molecule has 0 aliphatic carbocycles. The van der Waals surface area contributed by atoms with Gasteiger partial charge in [0.2, 0.25) is 0 Å². The number of aliphatic hydroxyl groups excluding tert-OH is 1. The summed E-state index contributed by atoms with van der Waals surface area (Å²) in [7, 11) is -7.15. The lowest BCUT2D eigenvalue weighted by Crippen LogP contribution is -2.75. The first kappa shape index (κ1) is 43.7. The van der Waals surface area contributed by atoms with Crippen LogP contribution in [-0.2, 0) is 28.0 Å². The van der Waals surface area contributed by atoms with Gasteiger partial charge in [-0.25, -0.2) is 8.42 Å². The molecule has 272 valence electrons. The van der Waals surface area contributed by atoms with Crippen LogP contribution in [0.3, 0.4) is 0 Å². The monoisotopic (exact) mass is 749 g/mol. The van der Waals surface area contributed by atoms with Crippen LogP contribution in [0.4, 0.5) is 74.6 Å². The number of ether oxygens (including phenoxy) is 1. The number of aliphatic hydroxyl groups is 1. The highest BCUT2D eigenvalue weighted by Crippen LogP contribution is 2.64. The van der Waals surface area contributed by atoms with Crippen molar-refractivity contribution in [2.45, 2.75) is 65.5 Å². The van der Waals surface area contributed by atoms with Gasteiger partial charge in [0.1, 0.15) is 0 Å². The van der Waals surface area contributed by atoms with E-state index in [4.69, 9.17) is 18.0 Å². The minimum Gasteiger partial charge on any atom is -0.389 e. The van der Waals surface area contributed by atoms with Gasteiger partial charge >= 0.3 is 55.8 Å². The molecule has 45 heavy (non-hydrogen) atoms. The van der Waals surface area contributed by atoms with Crippen molar-refractivity contribution in [3.8, 4) is 0 Å². The zero-order valence-corrected chi connectivity index (χ0v) is 24.6. The van der Waals surface area contributed by atoms with Crippen molar-refractivity contribution >= 4 is 18.8 Å². The van der Waals surface area contributed by atoms with E-state index in [0.717, 1.165) is 0 Å². The topological polar surface area (TPSA) is 94.5 Å². The molecule has 1 atom stereocenters. The van der Waals surface area contributed by atoms with Crippen LogP contribution < -0.4 is 0 Å². The average Bonchev–Trinajstić information content (AvgIpc) is 2.89. The zero-order valence-electron chi connectivity index (χ0n) is 22.8. The molecule has 0 aromatic heterocycles. The fourth-order valence-corrected chi connectivity index (χ4v) is 6.02. The molecule has 0 fully saturated rings. The number of likely N-dealkylation sites (N-methyl/N-ethyl adjacent to an activating group) is 1. The molecule has 8 nitrogen and oxygen atoms in total. The molecule has 0 amide bonds. The Bertz CT molecular complexity index is 1080. The third-order valence-corrected chi connectivity index (χ3v) is 10.6. The fraction of sp³-hybridized carbons (Fsp3) is 1.00. The average molecular weight is 750 g/mol. The lowest BCUT2D eigenvalue weighted by atomic mass is 9.91. The van der Waals surface area contributed by atoms with Gasteiger partial charge in [-0.05, 0) is 6.42 Å². The van der Waals surface area contributed by atoms with Crippen LogP contribution in [0.1, 0.15) is 6.42 Å². The molecule has 0 heterocycles. The summed E-state index contributed by atoms with van der Waals surface area (Å²) < 4.78 is 271. The Balaban J connectivity index is 6.13. The first-order chi connectivity index (χ1) is 19.7. The van der Waals surface area contributed by atoms with Crippen molar-refractivity contribution in [1.82, 2.24) is 4.31 Å². The van der Waals surface area contributed by atoms with E-state index >= 15 is 0 Å². The summed E-state index contributed by atoms with van der Waals surface area (Å²) in [5.41, 5.74) is 0. The summed E-state index contributed by atoms with van der Waals surface area (Å²) in [6.07, 6.45) is -10.2. The van der Waals surface area contributed by atoms with E-state index in [-0.39, 0.29) is 26.1 Å². The van der Waals surface area contributed by atoms with E-state index in [0.29, 0.717) is 0 Å². The van der Waals surface area contributed by atoms with Gasteiger partial charge in [-0.1, -0.05) is 0 Å². The van der Waals surface area contributed by atoms with Crippen molar-refractivity contribution in [2.24, 2.45) is 0 Å². The second kappa shape index (κ2) is 13.7. The first-order valence-corrected chi connectivity index (χ1v) is 14.7. The third-order valence-electron chi connectivity index (χ3n) is 5.91. The molecule has 0 aliphatic heterocycles. The second-order valence-corrected chi connectivity index (χ2v) is 14.1. The minimum atomic E-state index is -8.93. The van der Waals surface area contributed by atoms with Gasteiger partial charge in [0.05, 0.1) is 12.7 Å². The summed E-state index contributed by atoms with van der Waals surface area (Å²) in [4.78, 5) is 0. The Morgan fingerprint density at radius 1 is 0.667 bits per heavy atom. The van der Waals surface area contributed by atoms with Gasteiger partial charge in [0.15, 0.2) is 0 Å². The van der Waals surface area contributed by atoms with Crippen molar-refractivity contribution in [2.75, 3.05) is 48.1 Å². The summed E-state index contributed by atoms with van der Waals surface area (Å²) in [5, 5.41) is 2.02. The quantitative estimate of drug-likeness (QED) is 0.115. The summed E-state index contributed by atoms with van der Waals surface area (Å²) in [5.74, 6) is -52.1. The SMILES string of the molecule is CO[Si](CCCOCC(O)CN(C)S(=O)(=O)C(F)(F)C(F)(F)C(F)(F)C(F)(F)C(F)(F)C(F)(F)C(F)(F)C(F)(F)F)(OC)OC. The van der Waals surface area contributed by atoms with Gasteiger partial charge in [-0.2, -0.15) is 78.9 Å². The van der Waals surface area contributed by atoms with Crippen LogP contribution >= 0.6 is 0 Å². The van der Waals surface area contributed by atoms with E-state index in [1.807, 2.05) is 0 Å². The third kappa shape index (κ3) is 7.27. The van der Waals surface area contributed by atoms with Crippen molar-refractivity contribution < 1.29 is 106 Å². The Morgan fingerprint density at radius 2 is 1.02 bits per heavy atom. The first-order valence-electron chi connectivity index (χ1n) is 11.3. The molecule has 0 bridgehead atoms. The molecule has 1 N–H and O–H groups in total. The van der Waals surface area contributed by atoms with E-state index in [1.54, 1.807) is 0 Å². The number of nitrogens with zero attached hydrogens (tertiary/aromatic N) is 1. The fourth-order valence-electron chi connectivity index (χ4n) is 3.12. The number of alkyl halides is 17. The van der Waals surface area contributed by atoms with Crippen LogP contribution in [0, 0.1) is 0 Å². The zero-order chi connectivity index (χ0) is 36.5. The molecule has 0 spiro atoms. The Hall–Kier alpha value is -1.26. The molecular weight excluding hydrogens is 725 g/mol. The van der Waals surface area contributed by atoms with Crippen molar-refractivity contribution in [3.05, 3.63) is 0 Å². The molecule has 1 unspecified atom stereocenters. The predicted molar refractivity (Wildman–Crippen MR) is 115 cm³/mol. The molecular formula is C18H24F17NO7SSi. The van der Waals surface area contributed by atoms with Crippen LogP contribution in [-0.4, -0.2) is 128 Å². The number of hydrogen-bond donors (Lipinski definition) is 1. The van der Waals surface area contributed by atoms with Crippen molar-refractivity contribution in [1.29, 1.82) is 0 Å². The summed E-state index contributed by atoms with van der Waals surface area (Å²) in [6, 6.07) is 0.0693. The molecule has 0 saturated heterocycles. The van der Waals surface area contributed by atoms with Gasteiger partial charge in [0, 0.05) is 47.6 Å². The van der Waals surface area contributed by atoms with Gasteiger partial charge in [0.25, 0.3) is 10.0 Å². The largest absolute Gasteiger partial charge is 0.500 e. The summed E-state index contributed by atoms with van der Waals surface area (Å²) >= 11 is 0. The molecule has 0 aromatic carbocycles. The Kier molecular flexibility index (Phi) is 13.3. The predicted octanol–water partition coefficient (Wildman–Crippen LogP) is 4.86. The molecule has 0 aliphatic rings.